The summed E-state index contributed by atoms with van der Waals surface area (Å²) in [5, 5.41) is 9.87. The van der Waals surface area contributed by atoms with Crippen molar-refractivity contribution in [2.75, 3.05) is 11.1 Å². The van der Waals surface area contributed by atoms with Gasteiger partial charge in [0.1, 0.15) is 0 Å². The number of amides is 2. The lowest BCUT2D eigenvalue weighted by molar-refractivity contribution is 0.251. The third-order valence-corrected chi connectivity index (χ3v) is 3.23. The second-order valence-electron chi connectivity index (χ2n) is 4.71. The van der Waals surface area contributed by atoms with Gasteiger partial charge in [-0.25, -0.2) is 4.79 Å². The molecule has 1 aromatic heterocycles. The Labute approximate surface area is 118 Å². The topological polar surface area (TPSA) is 85.0 Å². The largest absolute Gasteiger partial charge is 0.399 e. The lowest BCUT2D eigenvalue weighted by atomic mass is 10.2. The van der Waals surface area contributed by atoms with Gasteiger partial charge in [-0.15, -0.1) is 0 Å². The first-order chi connectivity index (χ1) is 9.47. The predicted octanol–water partition coefficient (Wildman–Crippen LogP) is 1.94. The van der Waals surface area contributed by atoms with Gasteiger partial charge in [0.15, 0.2) is 0 Å². The summed E-state index contributed by atoms with van der Waals surface area (Å²) in [6.45, 7) is 4.35. The van der Waals surface area contributed by atoms with Crippen molar-refractivity contribution in [3.8, 4) is 0 Å². The summed E-state index contributed by atoms with van der Waals surface area (Å²) in [7, 11) is 1.89. The van der Waals surface area contributed by atoms with Crippen LogP contribution in [0.1, 0.15) is 17.0 Å². The number of nitrogens with two attached hydrogens (primary N) is 1. The van der Waals surface area contributed by atoms with E-state index < -0.39 is 0 Å². The monoisotopic (exact) mass is 273 g/mol. The molecule has 0 aliphatic heterocycles. The third-order valence-electron chi connectivity index (χ3n) is 3.23. The number of urea groups is 1. The van der Waals surface area contributed by atoms with E-state index in [1.807, 2.05) is 25.6 Å². The zero-order valence-corrected chi connectivity index (χ0v) is 11.9. The maximum absolute atomic E-state index is 11.8. The van der Waals surface area contributed by atoms with Gasteiger partial charge in [0.05, 0.1) is 5.69 Å². The zero-order chi connectivity index (χ0) is 14.7. The van der Waals surface area contributed by atoms with Crippen molar-refractivity contribution in [1.29, 1.82) is 0 Å². The van der Waals surface area contributed by atoms with Gasteiger partial charge in [-0.05, 0) is 32.0 Å². The zero-order valence-electron chi connectivity index (χ0n) is 11.9. The SMILES string of the molecule is Cc1nn(C)c(C)c1CNC(=O)Nc1cccc(N)c1. The summed E-state index contributed by atoms with van der Waals surface area (Å²) < 4.78 is 1.81. The van der Waals surface area contributed by atoms with Crippen molar-refractivity contribution in [2.24, 2.45) is 7.05 Å². The van der Waals surface area contributed by atoms with Crippen molar-refractivity contribution in [3.63, 3.8) is 0 Å². The van der Waals surface area contributed by atoms with Gasteiger partial charge in [-0.3, -0.25) is 4.68 Å². The number of benzene rings is 1. The number of aromatic nitrogens is 2. The highest BCUT2D eigenvalue weighted by Crippen LogP contribution is 2.13. The molecule has 0 fully saturated rings. The summed E-state index contributed by atoms with van der Waals surface area (Å²) in [6.07, 6.45) is 0. The molecule has 6 nitrogen and oxygen atoms in total. The number of carbonyl (C=O) groups excluding carboxylic acids is 1. The highest BCUT2D eigenvalue weighted by Gasteiger charge is 2.10. The van der Waals surface area contributed by atoms with Crippen LogP contribution in [-0.4, -0.2) is 15.8 Å². The molecule has 106 valence electrons. The van der Waals surface area contributed by atoms with Crippen molar-refractivity contribution in [1.82, 2.24) is 15.1 Å². The summed E-state index contributed by atoms with van der Waals surface area (Å²) >= 11 is 0. The average Bonchev–Trinajstić information content (AvgIpc) is 2.61. The molecule has 2 amide bonds. The first-order valence-electron chi connectivity index (χ1n) is 6.37. The molecule has 6 heteroatoms. The van der Waals surface area contributed by atoms with Gasteiger partial charge >= 0.3 is 6.03 Å². The molecule has 0 saturated heterocycles. The van der Waals surface area contributed by atoms with Crippen LogP contribution in [0.4, 0.5) is 16.2 Å². The minimum Gasteiger partial charge on any atom is -0.399 e. The lowest BCUT2D eigenvalue weighted by Gasteiger charge is -2.08. The number of nitrogens with one attached hydrogen (secondary N) is 2. The first kappa shape index (κ1) is 13.9. The van der Waals surface area contributed by atoms with Crippen LogP contribution >= 0.6 is 0 Å². The van der Waals surface area contributed by atoms with E-state index in [1.54, 1.807) is 24.3 Å². The van der Waals surface area contributed by atoms with Gasteiger partial charge in [0, 0.05) is 36.2 Å². The van der Waals surface area contributed by atoms with Crippen molar-refractivity contribution in [3.05, 3.63) is 41.2 Å². The van der Waals surface area contributed by atoms with Crippen LogP contribution in [0.5, 0.6) is 0 Å². The molecule has 20 heavy (non-hydrogen) atoms. The number of aryl methyl sites for hydroxylation is 2. The molecule has 0 aliphatic carbocycles. The summed E-state index contributed by atoms with van der Waals surface area (Å²) in [5.41, 5.74) is 9.95. The van der Waals surface area contributed by atoms with Crippen LogP contribution < -0.4 is 16.4 Å². The van der Waals surface area contributed by atoms with Crippen LogP contribution in [-0.2, 0) is 13.6 Å². The number of hydrogen-bond donors (Lipinski definition) is 3. The number of rotatable bonds is 3. The molecule has 0 radical (unpaired) electrons. The molecular formula is C14H19N5O. The van der Waals surface area contributed by atoms with E-state index in [4.69, 9.17) is 5.73 Å². The standard InChI is InChI=1S/C14H19N5O/c1-9-13(10(2)19(3)18-9)8-16-14(20)17-12-6-4-5-11(15)7-12/h4-7H,8,15H2,1-3H3,(H2,16,17,20). The fourth-order valence-electron chi connectivity index (χ4n) is 2.03. The number of nitrogens with zero attached hydrogens (tertiary/aromatic N) is 2. The molecule has 0 unspecified atom stereocenters. The minimum absolute atomic E-state index is 0.266. The smallest absolute Gasteiger partial charge is 0.319 e. The van der Waals surface area contributed by atoms with Crippen molar-refractivity contribution < 1.29 is 4.79 Å². The fraction of sp³-hybridized carbons (Fsp3) is 0.286. The molecule has 0 aliphatic rings. The van der Waals surface area contributed by atoms with E-state index in [2.05, 4.69) is 15.7 Å². The van der Waals surface area contributed by atoms with Gasteiger partial charge in [-0.1, -0.05) is 6.07 Å². The molecule has 0 spiro atoms. The summed E-state index contributed by atoms with van der Waals surface area (Å²) in [6, 6.07) is 6.79. The first-order valence-corrected chi connectivity index (χ1v) is 6.37. The van der Waals surface area contributed by atoms with Crippen LogP contribution in [0.2, 0.25) is 0 Å². The van der Waals surface area contributed by atoms with Crippen LogP contribution in [0.15, 0.2) is 24.3 Å². The number of hydrogen-bond acceptors (Lipinski definition) is 3. The Balaban J connectivity index is 1.96. The molecule has 2 aromatic rings. The van der Waals surface area contributed by atoms with Crippen molar-refractivity contribution >= 4 is 17.4 Å². The molecule has 0 bridgehead atoms. The molecular weight excluding hydrogens is 254 g/mol. The molecule has 0 saturated carbocycles. The van der Waals surface area contributed by atoms with Gasteiger partial charge < -0.3 is 16.4 Å². The van der Waals surface area contributed by atoms with Crippen molar-refractivity contribution in [2.45, 2.75) is 20.4 Å². The quantitative estimate of drug-likeness (QED) is 0.747. The van der Waals surface area contributed by atoms with Gasteiger partial charge in [0.2, 0.25) is 0 Å². The Hall–Kier alpha value is -2.50. The fourth-order valence-corrected chi connectivity index (χ4v) is 2.03. The summed E-state index contributed by atoms with van der Waals surface area (Å²) in [5.74, 6) is 0. The van der Waals surface area contributed by atoms with E-state index in [0.29, 0.717) is 17.9 Å². The van der Waals surface area contributed by atoms with Gasteiger partial charge in [-0.2, -0.15) is 5.10 Å². The third kappa shape index (κ3) is 3.09. The van der Waals surface area contributed by atoms with Crippen LogP contribution in [0, 0.1) is 13.8 Å². The van der Waals surface area contributed by atoms with Crippen LogP contribution in [0.25, 0.3) is 0 Å². The van der Waals surface area contributed by atoms with E-state index >= 15 is 0 Å². The Morgan fingerprint density at radius 3 is 2.75 bits per heavy atom. The second kappa shape index (κ2) is 5.64. The second-order valence-corrected chi connectivity index (χ2v) is 4.71. The van der Waals surface area contributed by atoms with Gasteiger partial charge in [0.25, 0.3) is 0 Å². The molecule has 4 N–H and O–H groups in total. The highest BCUT2D eigenvalue weighted by atomic mass is 16.2. The maximum Gasteiger partial charge on any atom is 0.319 e. The number of nitrogen functional groups attached to an aromatic ring is 1. The lowest BCUT2D eigenvalue weighted by Crippen LogP contribution is -2.28. The Morgan fingerprint density at radius 2 is 2.15 bits per heavy atom. The van der Waals surface area contributed by atoms with E-state index in [9.17, 15) is 4.79 Å². The Morgan fingerprint density at radius 1 is 1.40 bits per heavy atom. The number of carbonyl (C=O) groups is 1. The Bertz CT molecular complexity index is 632. The molecule has 2 rings (SSSR count). The van der Waals surface area contributed by atoms with E-state index in [0.717, 1.165) is 17.0 Å². The summed E-state index contributed by atoms with van der Waals surface area (Å²) in [4.78, 5) is 11.8. The molecule has 1 heterocycles. The minimum atomic E-state index is -0.266. The van der Waals surface area contributed by atoms with Crippen LogP contribution in [0.3, 0.4) is 0 Å². The predicted molar refractivity (Wildman–Crippen MR) is 79.4 cm³/mol. The Kier molecular flexibility index (Phi) is 3.93. The van der Waals surface area contributed by atoms with E-state index in [-0.39, 0.29) is 6.03 Å². The molecule has 1 aromatic carbocycles. The maximum atomic E-state index is 11.8. The average molecular weight is 273 g/mol. The normalized spacial score (nSPS) is 10.3. The number of anilines is 2. The van der Waals surface area contributed by atoms with E-state index in [1.165, 1.54) is 0 Å². The highest BCUT2D eigenvalue weighted by molar-refractivity contribution is 5.89. The molecule has 0 atom stereocenters.